The van der Waals surface area contributed by atoms with Gasteiger partial charge in [0, 0.05) is 18.0 Å². The van der Waals surface area contributed by atoms with Crippen LogP contribution >= 0.6 is 0 Å². The van der Waals surface area contributed by atoms with E-state index in [1.807, 2.05) is 54.6 Å². The molecule has 0 aliphatic rings. The molecule has 0 bridgehead atoms. The highest BCUT2D eigenvalue weighted by atomic mass is 32.2. The number of sulfonamides is 1. The van der Waals surface area contributed by atoms with E-state index < -0.39 is 10.0 Å². The minimum absolute atomic E-state index is 0.00491. The Bertz CT molecular complexity index is 1500. The van der Waals surface area contributed by atoms with Crippen LogP contribution in [-0.4, -0.2) is 31.7 Å². The predicted molar refractivity (Wildman–Crippen MR) is 137 cm³/mol. The Morgan fingerprint density at radius 2 is 1.66 bits per heavy atom. The highest BCUT2D eigenvalue weighted by Gasteiger charge is 2.12. The maximum Gasteiger partial charge on any atom is 0.272 e. The second-order valence-electron chi connectivity index (χ2n) is 7.49. The van der Waals surface area contributed by atoms with Crippen LogP contribution in [0.1, 0.15) is 21.6 Å². The van der Waals surface area contributed by atoms with Crippen molar-refractivity contribution in [3.63, 3.8) is 0 Å². The molecule has 4 aromatic rings. The molecule has 0 saturated heterocycles. The van der Waals surface area contributed by atoms with Crippen LogP contribution in [-0.2, 0) is 16.4 Å². The van der Waals surface area contributed by atoms with E-state index in [2.05, 4.69) is 26.0 Å². The van der Waals surface area contributed by atoms with Gasteiger partial charge in [-0.15, -0.1) is 0 Å². The van der Waals surface area contributed by atoms with Crippen LogP contribution in [0.2, 0.25) is 0 Å². The smallest absolute Gasteiger partial charge is 0.272 e. The number of primary sulfonamides is 1. The average molecular weight is 487 g/mol. The number of anilines is 1. The van der Waals surface area contributed by atoms with Crippen LogP contribution in [0.25, 0.3) is 10.9 Å². The molecule has 0 fully saturated rings. The summed E-state index contributed by atoms with van der Waals surface area (Å²) in [6.07, 6.45) is 3.71. The molecule has 35 heavy (non-hydrogen) atoms. The van der Waals surface area contributed by atoms with Crippen LogP contribution in [0, 0.1) is 0 Å². The first-order chi connectivity index (χ1) is 16.9. The number of nitrogens with zero attached hydrogens (tertiary/aromatic N) is 3. The van der Waals surface area contributed by atoms with E-state index in [1.54, 1.807) is 12.3 Å². The number of fused-ring (bicyclic) bond motifs is 1. The Balaban J connectivity index is 1.49. The minimum atomic E-state index is -3.76. The van der Waals surface area contributed by atoms with Crippen molar-refractivity contribution in [3.05, 3.63) is 102 Å². The van der Waals surface area contributed by atoms with E-state index in [0.29, 0.717) is 34.3 Å². The van der Waals surface area contributed by atoms with Crippen molar-refractivity contribution in [3.8, 4) is 0 Å². The largest absolute Gasteiger partial charge is 0.278 e. The molecular weight excluding hydrogens is 464 g/mol. The van der Waals surface area contributed by atoms with Gasteiger partial charge in [-0.05, 0) is 42.0 Å². The lowest BCUT2D eigenvalue weighted by atomic mass is 10.1. The van der Waals surface area contributed by atoms with Crippen molar-refractivity contribution in [2.45, 2.75) is 11.3 Å². The fourth-order valence-electron chi connectivity index (χ4n) is 3.27. The molecule has 176 valence electrons. The molecular formula is C25H22N6O3S. The molecule has 10 heteroatoms. The molecule has 1 aromatic heterocycles. The number of para-hydroxylation sites is 1. The van der Waals surface area contributed by atoms with E-state index in [-0.39, 0.29) is 10.8 Å². The predicted octanol–water partition coefficient (Wildman–Crippen LogP) is 3.29. The van der Waals surface area contributed by atoms with Gasteiger partial charge in [-0.3, -0.25) is 10.2 Å². The third-order valence-electron chi connectivity index (χ3n) is 4.98. The maximum atomic E-state index is 12.9. The molecule has 0 saturated carbocycles. The molecule has 0 aliphatic heterocycles. The van der Waals surface area contributed by atoms with E-state index >= 15 is 0 Å². The van der Waals surface area contributed by atoms with Crippen molar-refractivity contribution >= 4 is 44.9 Å². The molecule has 0 radical (unpaired) electrons. The highest BCUT2D eigenvalue weighted by Crippen LogP contribution is 2.18. The number of aromatic nitrogens is 1. The number of nitrogens with two attached hydrogens (primary N) is 1. The number of pyridine rings is 1. The first kappa shape index (κ1) is 23.7. The molecule has 4 N–H and O–H groups in total. The van der Waals surface area contributed by atoms with Crippen molar-refractivity contribution in [2.75, 3.05) is 5.43 Å². The number of rotatable bonds is 8. The highest BCUT2D eigenvalue weighted by molar-refractivity contribution is 7.89. The Morgan fingerprint density at radius 3 is 2.40 bits per heavy atom. The van der Waals surface area contributed by atoms with Gasteiger partial charge in [0.2, 0.25) is 10.0 Å². The average Bonchev–Trinajstić information content (AvgIpc) is 2.86. The number of hydrogen-bond acceptors (Lipinski definition) is 7. The maximum absolute atomic E-state index is 12.9. The Hall–Kier alpha value is -4.41. The zero-order valence-electron chi connectivity index (χ0n) is 18.5. The molecule has 0 aliphatic carbocycles. The lowest BCUT2D eigenvalue weighted by molar-refractivity contribution is 0.0956. The summed E-state index contributed by atoms with van der Waals surface area (Å²) in [5.74, 6) is -0.367. The minimum Gasteiger partial charge on any atom is -0.278 e. The van der Waals surface area contributed by atoms with Crippen LogP contribution < -0.4 is 16.0 Å². The Kier molecular flexibility index (Phi) is 7.24. The molecule has 1 heterocycles. The fraction of sp³-hybridized carbons (Fsp3) is 0.0400. The van der Waals surface area contributed by atoms with Crippen molar-refractivity contribution in [1.29, 1.82) is 0 Å². The summed E-state index contributed by atoms with van der Waals surface area (Å²) in [5, 5.41) is 14.0. The molecule has 1 amide bonds. The summed E-state index contributed by atoms with van der Waals surface area (Å²) < 4.78 is 22.7. The van der Waals surface area contributed by atoms with Gasteiger partial charge in [0.1, 0.15) is 0 Å². The van der Waals surface area contributed by atoms with Crippen LogP contribution in [0.15, 0.2) is 100 Å². The van der Waals surface area contributed by atoms with E-state index in [0.717, 1.165) is 5.56 Å². The molecule has 9 nitrogen and oxygen atoms in total. The van der Waals surface area contributed by atoms with Crippen molar-refractivity contribution in [1.82, 2.24) is 10.4 Å². The zero-order chi connectivity index (χ0) is 24.7. The van der Waals surface area contributed by atoms with Gasteiger partial charge in [0.25, 0.3) is 5.91 Å². The van der Waals surface area contributed by atoms with Crippen LogP contribution in [0.3, 0.4) is 0 Å². The van der Waals surface area contributed by atoms with Gasteiger partial charge in [-0.2, -0.15) is 10.2 Å². The van der Waals surface area contributed by atoms with E-state index in [9.17, 15) is 13.2 Å². The number of carbonyl (C=O) groups is 1. The van der Waals surface area contributed by atoms with Gasteiger partial charge < -0.3 is 0 Å². The third kappa shape index (κ3) is 6.34. The van der Waals surface area contributed by atoms with Crippen molar-refractivity contribution < 1.29 is 13.2 Å². The first-order valence-corrected chi connectivity index (χ1v) is 12.1. The van der Waals surface area contributed by atoms with Gasteiger partial charge in [-0.25, -0.2) is 24.0 Å². The second-order valence-corrected chi connectivity index (χ2v) is 9.05. The Labute approximate surface area is 202 Å². The number of hydrogen-bond donors (Lipinski definition) is 3. The summed E-state index contributed by atoms with van der Waals surface area (Å²) in [5.41, 5.74) is 8.51. The molecule has 0 atom stereocenters. The molecule has 0 unspecified atom stereocenters. The summed E-state index contributed by atoms with van der Waals surface area (Å²) in [4.78, 5) is 17.4. The molecule has 3 aromatic carbocycles. The van der Waals surface area contributed by atoms with Gasteiger partial charge >= 0.3 is 0 Å². The normalized spacial score (nSPS) is 11.8. The van der Waals surface area contributed by atoms with E-state index in [4.69, 9.17) is 5.14 Å². The first-order valence-electron chi connectivity index (χ1n) is 10.6. The monoisotopic (exact) mass is 486 g/mol. The number of nitrogens with one attached hydrogen (secondary N) is 2. The van der Waals surface area contributed by atoms with Gasteiger partial charge in [0.05, 0.1) is 33.6 Å². The number of benzene rings is 3. The lowest BCUT2D eigenvalue weighted by Crippen LogP contribution is -2.18. The topological polar surface area (TPSA) is 139 Å². The van der Waals surface area contributed by atoms with Gasteiger partial charge in [0.15, 0.2) is 0 Å². The second kappa shape index (κ2) is 10.7. The quantitative estimate of drug-likeness (QED) is 0.259. The summed E-state index contributed by atoms with van der Waals surface area (Å²) in [7, 11) is -3.76. The Morgan fingerprint density at radius 1 is 0.943 bits per heavy atom. The van der Waals surface area contributed by atoms with Crippen molar-refractivity contribution in [2.24, 2.45) is 15.3 Å². The molecule has 4 rings (SSSR count). The summed E-state index contributed by atoms with van der Waals surface area (Å²) >= 11 is 0. The van der Waals surface area contributed by atoms with E-state index in [1.165, 1.54) is 30.5 Å². The zero-order valence-corrected chi connectivity index (χ0v) is 19.3. The lowest BCUT2D eigenvalue weighted by Gasteiger charge is -2.07. The fourth-order valence-corrected chi connectivity index (χ4v) is 3.79. The standard InChI is InChI=1S/C25H22N6O3S/c26-35(33,34)21-12-10-19(11-13-21)30-28-17-20-16-23(22-8-4-5-9-24(22)29-20)25(32)31-27-15-14-18-6-2-1-3-7-18/h1-13,15-17,30H,14H2,(H,31,32)(H2,26,33,34)/b27-15-,28-17+. The summed E-state index contributed by atoms with van der Waals surface area (Å²) in [6, 6.07) is 24.6. The number of hydrazone groups is 2. The van der Waals surface area contributed by atoms with Crippen LogP contribution in [0.5, 0.6) is 0 Å². The third-order valence-corrected chi connectivity index (χ3v) is 5.91. The molecule has 0 spiro atoms. The van der Waals surface area contributed by atoms with Gasteiger partial charge in [-0.1, -0.05) is 48.5 Å². The number of amides is 1. The number of carbonyl (C=O) groups excluding carboxylic acids is 1. The SMILES string of the molecule is NS(=O)(=O)c1ccc(N/N=C/c2cc(C(=O)N/N=C\Cc3ccccc3)c3ccccc3n2)cc1. The summed E-state index contributed by atoms with van der Waals surface area (Å²) in [6.45, 7) is 0. The van der Waals surface area contributed by atoms with Crippen LogP contribution in [0.4, 0.5) is 5.69 Å².